The molecule has 2 fully saturated rings. The molecule has 5 rings (SSSR count). The Morgan fingerprint density at radius 2 is 2.09 bits per heavy atom. The van der Waals surface area contributed by atoms with Crippen molar-refractivity contribution in [3.63, 3.8) is 0 Å². The van der Waals surface area contributed by atoms with Crippen LogP contribution in [0.1, 0.15) is 53.7 Å². The fraction of sp³-hybridized carbons (Fsp3) is 0.458. The van der Waals surface area contributed by atoms with Crippen LogP contribution >= 0.6 is 11.3 Å². The molecule has 1 N–H and O–H groups in total. The van der Waals surface area contributed by atoms with Crippen LogP contribution in [-0.4, -0.2) is 63.6 Å². The van der Waals surface area contributed by atoms with Crippen LogP contribution in [0.25, 0.3) is 0 Å². The van der Waals surface area contributed by atoms with Crippen molar-refractivity contribution in [3.8, 4) is 5.75 Å². The number of aromatic nitrogens is 1. The topological polar surface area (TPSA) is 109 Å². The molecular formula is C24H26N4O5S. The van der Waals surface area contributed by atoms with E-state index in [0.717, 1.165) is 37.1 Å². The van der Waals surface area contributed by atoms with Gasteiger partial charge in [0.25, 0.3) is 5.91 Å². The Kier molecular flexibility index (Phi) is 6.32. The van der Waals surface area contributed by atoms with Gasteiger partial charge in [-0.15, -0.1) is 11.3 Å². The zero-order chi connectivity index (χ0) is 23.7. The summed E-state index contributed by atoms with van der Waals surface area (Å²) in [7, 11) is 0. The molecule has 2 atom stereocenters. The Bertz CT molecular complexity index is 1120. The standard InChI is InChI=1S/C24H26N4O5S/c29-21-7-6-20(23(31)26-21)28-11-15-9-18(4-5-19(15)24(28)32)33-12-17-3-1-2-8-27(17)22(30)10-16-13-34-14-25-16/h4-5,9,13-14,17,20H,1-3,6-8,10-12H2,(H,26,29,31)/t17-,20?/m0/s1. The largest absolute Gasteiger partial charge is 0.491 e. The molecule has 0 saturated carbocycles. The highest BCUT2D eigenvalue weighted by Gasteiger charge is 2.39. The van der Waals surface area contributed by atoms with Crippen molar-refractivity contribution in [2.75, 3.05) is 13.2 Å². The number of piperidine rings is 2. The lowest BCUT2D eigenvalue weighted by Gasteiger charge is -2.35. The van der Waals surface area contributed by atoms with Gasteiger partial charge in [0, 0.05) is 30.5 Å². The number of hydrogen-bond acceptors (Lipinski definition) is 7. The van der Waals surface area contributed by atoms with Crippen molar-refractivity contribution in [3.05, 3.63) is 45.9 Å². The van der Waals surface area contributed by atoms with E-state index >= 15 is 0 Å². The van der Waals surface area contributed by atoms with Gasteiger partial charge in [-0.05, 0) is 49.4 Å². The van der Waals surface area contributed by atoms with E-state index in [9.17, 15) is 19.2 Å². The number of amides is 4. The summed E-state index contributed by atoms with van der Waals surface area (Å²) in [6.45, 7) is 1.41. The molecule has 0 spiro atoms. The third kappa shape index (κ3) is 4.54. The average molecular weight is 483 g/mol. The van der Waals surface area contributed by atoms with Gasteiger partial charge in [-0.25, -0.2) is 4.98 Å². The van der Waals surface area contributed by atoms with Gasteiger partial charge >= 0.3 is 0 Å². The van der Waals surface area contributed by atoms with Crippen LogP contribution in [0.15, 0.2) is 29.1 Å². The fourth-order valence-electron chi connectivity index (χ4n) is 4.92. The van der Waals surface area contributed by atoms with Crippen LogP contribution < -0.4 is 10.1 Å². The molecule has 1 aromatic heterocycles. The average Bonchev–Trinajstić information content (AvgIpc) is 3.45. The number of rotatable bonds is 6. The lowest BCUT2D eigenvalue weighted by molar-refractivity contribution is -0.137. The van der Waals surface area contributed by atoms with Gasteiger partial charge in [-0.3, -0.25) is 24.5 Å². The summed E-state index contributed by atoms with van der Waals surface area (Å²) in [5.41, 5.74) is 3.88. The van der Waals surface area contributed by atoms with E-state index in [0.29, 0.717) is 37.3 Å². The number of likely N-dealkylation sites (tertiary alicyclic amines) is 1. The molecule has 2 aromatic rings. The SMILES string of the molecule is O=C1CCC(N2Cc3cc(OC[C@@H]4CCCCN4C(=O)Cc4cscn4)ccc3C2=O)C(=O)N1. The van der Waals surface area contributed by atoms with E-state index < -0.39 is 11.9 Å². The Hall–Kier alpha value is -3.27. The second kappa shape index (κ2) is 9.54. The predicted octanol–water partition coefficient (Wildman–Crippen LogP) is 1.91. The van der Waals surface area contributed by atoms with Crippen LogP contribution in [0.2, 0.25) is 0 Å². The molecule has 10 heteroatoms. The van der Waals surface area contributed by atoms with Crippen molar-refractivity contribution in [2.24, 2.45) is 0 Å². The van der Waals surface area contributed by atoms with E-state index in [1.54, 1.807) is 17.6 Å². The first-order valence-corrected chi connectivity index (χ1v) is 12.5. The zero-order valence-electron chi connectivity index (χ0n) is 18.7. The van der Waals surface area contributed by atoms with Crippen molar-refractivity contribution in [1.29, 1.82) is 0 Å². The van der Waals surface area contributed by atoms with Gasteiger partial charge in [-0.1, -0.05) is 0 Å². The second-order valence-corrected chi connectivity index (χ2v) is 9.64. The monoisotopic (exact) mass is 482 g/mol. The summed E-state index contributed by atoms with van der Waals surface area (Å²) < 4.78 is 6.08. The van der Waals surface area contributed by atoms with Gasteiger partial charge in [-0.2, -0.15) is 0 Å². The number of hydrogen-bond donors (Lipinski definition) is 1. The van der Waals surface area contributed by atoms with E-state index in [2.05, 4.69) is 10.3 Å². The van der Waals surface area contributed by atoms with E-state index in [1.165, 1.54) is 16.2 Å². The lowest BCUT2D eigenvalue weighted by atomic mass is 10.0. The number of benzene rings is 1. The third-order valence-corrected chi connectivity index (χ3v) is 7.34. The molecule has 4 amide bonds. The van der Waals surface area contributed by atoms with E-state index in [1.807, 2.05) is 16.3 Å². The molecule has 178 valence electrons. The normalized spacial score (nSPS) is 22.5. The number of imide groups is 1. The van der Waals surface area contributed by atoms with Crippen LogP contribution in [-0.2, 0) is 27.3 Å². The third-order valence-electron chi connectivity index (χ3n) is 6.70. The summed E-state index contributed by atoms with van der Waals surface area (Å²) in [5, 5.41) is 4.22. The van der Waals surface area contributed by atoms with E-state index in [-0.39, 0.29) is 30.2 Å². The molecule has 1 unspecified atom stereocenters. The highest BCUT2D eigenvalue weighted by atomic mass is 32.1. The van der Waals surface area contributed by atoms with Crippen LogP contribution in [0, 0.1) is 0 Å². The lowest BCUT2D eigenvalue weighted by Crippen LogP contribution is -2.52. The van der Waals surface area contributed by atoms with E-state index in [4.69, 9.17) is 4.74 Å². The molecule has 0 radical (unpaired) electrons. The van der Waals surface area contributed by atoms with Gasteiger partial charge in [0.05, 0.1) is 23.7 Å². The number of nitrogens with zero attached hydrogens (tertiary/aromatic N) is 3. The van der Waals surface area contributed by atoms with Crippen molar-refractivity contribution in [2.45, 2.75) is 57.2 Å². The van der Waals surface area contributed by atoms with Crippen molar-refractivity contribution >= 4 is 35.0 Å². The molecule has 1 aromatic carbocycles. The van der Waals surface area contributed by atoms with Crippen LogP contribution in [0.3, 0.4) is 0 Å². The maximum absolute atomic E-state index is 12.9. The molecular weight excluding hydrogens is 456 g/mol. The Morgan fingerprint density at radius 3 is 2.88 bits per heavy atom. The highest BCUT2D eigenvalue weighted by molar-refractivity contribution is 7.07. The first kappa shape index (κ1) is 22.5. The smallest absolute Gasteiger partial charge is 0.255 e. The van der Waals surface area contributed by atoms with Crippen molar-refractivity contribution < 1.29 is 23.9 Å². The number of thiazole rings is 1. The molecule has 0 bridgehead atoms. The number of fused-ring (bicyclic) bond motifs is 1. The number of nitrogens with one attached hydrogen (secondary N) is 1. The maximum atomic E-state index is 12.9. The zero-order valence-corrected chi connectivity index (χ0v) is 19.5. The molecule has 34 heavy (non-hydrogen) atoms. The van der Waals surface area contributed by atoms with Crippen LogP contribution in [0.4, 0.5) is 0 Å². The summed E-state index contributed by atoms with van der Waals surface area (Å²) >= 11 is 1.48. The van der Waals surface area contributed by atoms with Crippen LogP contribution in [0.5, 0.6) is 5.75 Å². The minimum atomic E-state index is -0.638. The molecule has 3 aliphatic heterocycles. The maximum Gasteiger partial charge on any atom is 0.255 e. The number of carbonyl (C=O) groups is 4. The van der Waals surface area contributed by atoms with Gasteiger partial charge in [0.15, 0.2) is 0 Å². The Morgan fingerprint density at radius 1 is 1.21 bits per heavy atom. The molecule has 9 nitrogen and oxygen atoms in total. The predicted molar refractivity (Wildman–Crippen MR) is 123 cm³/mol. The molecule has 4 heterocycles. The number of carbonyl (C=O) groups excluding carboxylic acids is 4. The van der Waals surface area contributed by atoms with Gasteiger partial charge < -0.3 is 14.5 Å². The highest BCUT2D eigenvalue weighted by Crippen LogP contribution is 2.30. The minimum absolute atomic E-state index is 0.00487. The first-order chi connectivity index (χ1) is 16.5. The summed E-state index contributed by atoms with van der Waals surface area (Å²) in [5.74, 6) is -0.230. The van der Waals surface area contributed by atoms with Gasteiger partial charge in [0.1, 0.15) is 18.4 Å². The Balaban J connectivity index is 1.22. The van der Waals surface area contributed by atoms with Gasteiger partial charge in [0.2, 0.25) is 17.7 Å². The summed E-state index contributed by atoms with van der Waals surface area (Å²) in [6.07, 6.45) is 3.78. The van der Waals surface area contributed by atoms with Crippen molar-refractivity contribution in [1.82, 2.24) is 20.1 Å². The summed E-state index contributed by atoms with van der Waals surface area (Å²) in [6, 6.07) is 4.68. The molecule has 0 aliphatic carbocycles. The number of ether oxygens (including phenoxy) is 1. The quantitative estimate of drug-likeness (QED) is 0.630. The summed E-state index contributed by atoms with van der Waals surface area (Å²) in [4.78, 5) is 57.0. The first-order valence-electron chi connectivity index (χ1n) is 11.6. The minimum Gasteiger partial charge on any atom is -0.491 e. The Labute approximate surface area is 201 Å². The molecule has 3 aliphatic rings. The second-order valence-electron chi connectivity index (χ2n) is 8.92. The fourth-order valence-corrected chi connectivity index (χ4v) is 5.47. The molecule has 2 saturated heterocycles.